The summed E-state index contributed by atoms with van der Waals surface area (Å²) in [5, 5.41) is 0. The smallest absolute Gasteiger partial charge is 0.332 e. The van der Waals surface area contributed by atoms with E-state index in [1.54, 1.807) is 0 Å². The van der Waals surface area contributed by atoms with Crippen LogP contribution in [0, 0.1) is 11.3 Å². The van der Waals surface area contributed by atoms with Crippen molar-refractivity contribution in [2.45, 2.75) is 83.4 Å². The van der Waals surface area contributed by atoms with Crippen LogP contribution in [0.1, 0.15) is 77.8 Å². The summed E-state index contributed by atoms with van der Waals surface area (Å²) in [7, 11) is -1.41. The van der Waals surface area contributed by atoms with Gasteiger partial charge in [-0.25, -0.2) is 13.7 Å². The lowest BCUT2D eigenvalue weighted by atomic mass is 9.59. The van der Waals surface area contributed by atoms with Crippen LogP contribution in [0.5, 0.6) is 0 Å². The Hall–Kier alpha value is -0.720. The molecule has 1 fully saturated rings. The van der Waals surface area contributed by atoms with Crippen molar-refractivity contribution in [3.63, 3.8) is 0 Å². The minimum atomic E-state index is -1.41. The lowest BCUT2D eigenvalue weighted by Gasteiger charge is -2.49. The summed E-state index contributed by atoms with van der Waals surface area (Å²) in [6, 6.07) is 6.18. The predicted molar refractivity (Wildman–Crippen MR) is 122 cm³/mol. The summed E-state index contributed by atoms with van der Waals surface area (Å²) >= 11 is 3.59. The fraction of sp³-hybridized carbons (Fsp3) is 0.696. The summed E-state index contributed by atoms with van der Waals surface area (Å²) < 4.78 is 22.9. The Balaban J connectivity index is 2.24. The summed E-state index contributed by atoms with van der Waals surface area (Å²) in [6.07, 6.45) is 6.08. The van der Waals surface area contributed by atoms with Crippen LogP contribution in [-0.2, 0) is 32.5 Å². The molecule has 4 atom stereocenters. The van der Waals surface area contributed by atoms with Crippen LogP contribution in [0.4, 0.5) is 0 Å². The minimum Gasteiger partial charge on any atom is -0.464 e. The quantitative estimate of drug-likeness (QED) is 0.570. The van der Waals surface area contributed by atoms with Crippen LogP contribution in [-0.4, -0.2) is 21.5 Å². The van der Waals surface area contributed by atoms with Crippen molar-refractivity contribution in [2.24, 2.45) is 11.3 Å². The number of hydrogen-bond acceptors (Lipinski definition) is 3. The van der Waals surface area contributed by atoms with Gasteiger partial charge in [0.25, 0.3) is 0 Å². The molecule has 0 saturated heterocycles. The highest BCUT2D eigenvalue weighted by Crippen LogP contribution is 2.60. The maximum absolute atomic E-state index is 13.7. The largest absolute Gasteiger partial charge is 0.464 e. The molecule has 4 nitrogen and oxygen atoms in total. The predicted octanol–water partition coefficient (Wildman–Crippen LogP) is 5.40. The van der Waals surface area contributed by atoms with E-state index in [1.807, 2.05) is 39.8 Å². The van der Waals surface area contributed by atoms with Crippen molar-refractivity contribution >= 4 is 32.9 Å². The molecular weight excluding hydrogens is 450 g/mol. The van der Waals surface area contributed by atoms with Crippen LogP contribution >= 0.6 is 15.9 Å². The zero-order valence-electron chi connectivity index (χ0n) is 18.3. The number of halogens is 1. The molecule has 2 aliphatic rings. The second kappa shape index (κ2) is 8.43. The summed E-state index contributed by atoms with van der Waals surface area (Å²) in [5.74, 6) is 0.284. The van der Waals surface area contributed by atoms with Crippen LogP contribution in [0.25, 0.3) is 0 Å². The van der Waals surface area contributed by atoms with Gasteiger partial charge in [-0.1, -0.05) is 48.2 Å². The number of carbonyl (C=O) groups excluding carboxylic acids is 1. The number of esters is 1. The van der Waals surface area contributed by atoms with Gasteiger partial charge >= 0.3 is 5.97 Å². The molecule has 0 heterocycles. The molecule has 0 amide bonds. The maximum atomic E-state index is 13.7. The van der Waals surface area contributed by atoms with E-state index in [1.165, 1.54) is 6.42 Å². The Kier molecular flexibility index (Phi) is 6.67. The molecule has 2 aliphatic carbocycles. The number of rotatable bonds is 5. The monoisotopic (exact) mass is 483 g/mol. The average Bonchev–Trinajstić information content (AvgIpc) is 2.90. The van der Waals surface area contributed by atoms with Gasteiger partial charge in [-0.05, 0) is 76.1 Å². The Morgan fingerprint density at radius 3 is 2.69 bits per heavy atom. The molecule has 0 unspecified atom stereocenters. The van der Waals surface area contributed by atoms with E-state index in [2.05, 4.69) is 33.6 Å². The zero-order valence-corrected chi connectivity index (χ0v) is 20.7. The van der Waals surface area contributed by atoms with Gasteiger partial charge in [-0.15, -0.1) is 0 Å². The Morgan fingerprint density at radius 1 is 1.34 bits per heavy atom. The number of nitrogens with one attached hydrogen (secondary N) is 1. The molecule has 6 heteroatoms. The fourth-order valence-electron chi connectivity index (χ4n) is 5.23. The minimum absolute atomic E-state index is 0.286. The van der Waals surface area contributed by atoms with Gasteiger partial charge < -0.3 is 4.74 Å². The SMILES string of the molecule is CCOC(=O)[C@]1(N[S@@](=O)C(C)(C)C)c2cc(Br)ccc2C[C@@]12CCC[C@@H](CC)C2. The number of carbonyl (C=O) groups is 1. The topological polar surface area (TPSA) is 55.4 Å². The molecule has 1 N–H and O–H groups in total. The first-order chi connectivity index (χ1) is 13.6. The average molecular weight is 485 g/mol. The van der Waals surface area contributed by atoms with Crippen LogP contribution in [0.2, 0.25) is 0 Å². The second-order valence-electron chi connectivity index (χ2n) is 9.58. The Labute approximate surface area is 186 Å². The highest BCUT2D eigenvalue weighted by Gasteiger charge is 2.65. The van der Waals surface area contributed by atoms with Crippen LogP contribution in [0.15, 0.2) is 22.7 Å². The summed E-state index contributed by atoms with van der Waals surface area (Å²) in [4.78, 5) is 13.7. The zero-order chi connectivity index (χ0) is 21.4. The first-order valence-electron chi connectivity index (χ1n) is 10.8. The molecule has 0 aliphatic heterocycles. The third-order valence-corrected chi connectivity index (χ3v) is 8.81. The molecule has 1 saturated carbocycles. The first-order valence-corrected chi connectivity index (χ1v) is 12.7. The molecule has 1 aromatic carbocycles. The Morgan fingerprint density at radius 2 is 2.07 bits per heavy atom. The van der Waals surface area contributed by atoms with Gasteiger partial charge in [0, 0.05) is 9.89 Å². The van der Waals surface area contributed by atoms with Crippen molar-refractivity contribution in [1.29, 1.82) is 0 Å². The van der Waals surface area contributed by atoms with E-state index in [-0.39, 0.29) is 11.4 Å². The van der Waals surface area contributed by atoms with Crippen molar-refractivity contribution in [3.8, 4) is 0 Å². The van der Waals surface area contributed by atoms with E-state index in [0.717, 1.165) is 47.7 Å². The van der Waals surface area contributed by atoms with Gasteiger partial charge in [-0.3, -0.25) is 0 Å². The highest BCUT2D eigenvalue weighted by atomic mass is 79.9. The van der Waals surface area contributed by atoms with Gasteiger partial charge in [0.05, 0.1) is 22.3 Å². The van der Waals surface area contributed by atoms with Crippen LogP contribution in [0.3, 0.4) is 0 Å². The molecule has 29 heavy (non-hydrogen) atoms. The normalized spacial score (nSPS) is 30.2. The van der Waals surface area contributed by atoms with Crippen molar-refractivity contribution in [2.75, 3.05) is 6.61 Å². The van der Waals surface area contributed by atoms with E-state index in [4.69, 9.17) is 4.74 Å². The lowest BCUT2D eigenvalue weighted by molar-refractivity contribution is -0.159. The molecule has 0 radical (unpaired) electrons. The molecular formula is C23H34BrNO3S. The van der Waals surface area contributed by atoms with Gasteiger partial charge in [0.1, 0.15) is 0 Å². The second-order valence-corrected chi connectivity index (χ2v) is 12.5. The summed E-state index contributed by atoms with van der Waals surface area (Å²) in [5.41, 5.74) is 0.687. The van der Waals surface area contributed by atoms with Crippen molar-refractivity contribution in [1.82, 2.24) is 4.72 Å². The summed E-state index contributed by atoms with van der Waals surface area (Å²) in [6.45, 7) is 10.2. The third-order valence-electron chi connectivity index (χ3n) is 6.71. The highest BCUT2D eigenvalue weighted by molar-refractivity contribution is 9.10. The van der Waals surface area contributed by atoms with Crippen molar-refractivity contribution in [3.05, 3.63) is 33.8 Å². The number of fused-ring (bicyclic) bond motifs is 1. The number of benzene rings is 1. The lowest BCUT2D eigenvalue weighted by Crippen LogP contribution is -2.62. The maximum Gasteiger partial charge on any atom is 0.332 e. The van der Waals surface area contributed by atoms with E-state index >= 15 is 0 Å². The molecule has 0 bridgehead atoms. The third kappa shape index (κ3) is 3.97. The van der Waals surface area contributed by atoms with Gasteiger partial charge in [0.2, 0.25) is 0 Å². The molecule has 1 aromatic rings. The molecule has 0 aromatic heterocycles. The van der Waals surface area contributed by atoms with Crippen molar-refractivity contribution < 1.29 is 13.7 Å². The Bertz CT molecular complexity index is 806. The number of hydrogen-bond donors (Lipinski definition) is 1. The van der Waals surface area contributed by atoms with E-state index < -0.39 is 21.3 Å². The molecule has 162 valence electrons. The first kappa shape index (κ1) is 23.0. The fourth-order valence-corrected chi connectivity index (χ4v) is 6.59. The standard InChI is InChI=1S/C23H34BrNO3S/c1-6-16-9-8-12-22(14-16)15-17-10-11-18(24)13-19(17)23(22,20(26)28-7-2)25-29(27)21(3,4)5/h10-11,13,16,25H,6-9,12,14-15H2,1-5H3/t16-,22+,23-,29+/m1/s1. The van der Waals surface area contributed by atoms with Gasteiger partial charge in [-0.2, -0.15) is 0 Å². The van der Waals surface area contributed by atoms with E-state index in [9.17, 15) is 9.00 Å². The van der Waals surface area contributed by atoms with E-state index in [0.29, 0.717) is 12.5 Å². The molecule has 3 rings (SSSR count). The van der Waals surface area contributed by atoms with Crippen LogP contribution < -0.4 is 4.72 Å². The molecule has 1 spiro atoms. The van der Waals surface area contributed by atoms with Gasteiger partial charge in [0.15, 0.2) is 5.54 Å². The number of ether oxygens (including phenoxy) is 1.